The molecule has 0 spiro atoms. The van der Waals surface area contributed by atoms with Crippen molar-refractivity contribution in [1.29, 1.82) is 0 Å². The molecule has 0 unspecified atom stereocenters. The number of aromatic nitrogens is 2. The lowest BCUT2D eigenvalue weighted by atomic mass is 10.3. The summed E-state index contributed by atoms with van der Waals surface area (Å²) in [5, 5.41) is 3.28. The van der Waals surface area contributed by atoms with E-state index in [2.05, 4.69) is 74.0 Å². The maximum absolute atomic E-state index is 4.65. The van der Waals surface area contributed by atoms with Crippen molar-refractivity contribution in [2.45, 2.75) is 27.2 Å². The standard InChI is InChI=1S/C13H15Br2N3S/c1-4-9-11(15)13(16-5-2)18-12(17-9)10-6-8(14)7(3)19-10/h6H,4-5H2,1-3H3,(H,16,17,18). The summed E-state index contributed by atoms with van der Waals surface area (Å²) in [6, 6.07) is 2.08. The Kier molecular flexibility index (Phi) is 4.97. The maximum Gasteiger partial charge on any atom is 0.171 e. The largest absolute Gasteiger partial charge is 0.369 e. The second kappa shape index (κ2) is 6.33. The smallest absolute Gasteiger partial charge is 0.171 e. The Balaban J connectivity index is 2.54. The molecule has 0 saturated carbocycles. The predicted octanol–water partition coefficient (Wildman–Crippen LogP) is 5.03. The third-order valence-corrected chi connectivity index (χ3v) is 5.64. The Bertz CT molecular complexity index is 576. The fraction of sp³-hybridized carbons (Fsp3) is 0.385. The number of nitrogens with one attached hydrogen (secondary N) is 1. The van der Waals surface area contributed by atoms with Gasteiger partial charge in [-0.05, 0) is 58.2 Å². The normalized spacial score (nSPS) is 10.8. The molecule has 19 heavy (non-hydrogen) atoms. The Morgan fingerprint density at radius 1 is 1.26 bits per heavy atom. The average molecular weight is 405 g/mol. The summed E-state index contributed by atoms with van der Waals surface area (Å²) in [7, 11) is 0. The molecule has 0 aliphatic rings. The Labute approximate surface area is 134 Å². The van der Waals surface area contributed by atoms with Crippen molar-refractivity contribution in [1.82, 2.24) is 9.97 Å². The van der Waals surface area contributed by atoms with Crippen LogP contribution in [0.4, 0.5) is 5.82 Å². The third kappa shape index (κ3) is 3.17. The van der Waals surface area contributed by atoms with E-state index in [1.165, 1.54) is 4.88 Å². The molecule has 0 radical (unpaired) electrons. The SMILES string of the molecule is CCNc1nc(-c2cc(Br)c(C)s2)nc(CC)c1Br. The molecule has 3 nitrogen and oxygen atoms in total. The molecule has 0 amide bonds. The first-order chi connectivity index (χ1) is 9.06. The van der Waals surface area contributed by atoms with Crippen molar-refractivity contribution in [3.05, 3.63) is 25.6 Å². The van der Waals surface area contributed by atoms with Gasteiger partial charge in [-0.25, -0.2) is 9.97 Å². The molecule has 0 aromatic carbocycles. The summed E-state index contributed by atoms with van der Waals surface area (Å²) in [4.78, 5) is 11.6. The van der Waals surface area contributed by atoms with Crippen molar-refractivity contribution in [2.24, 2.45) is 0 Å². The van der Waals surface area contributed by atoms with Crippen molar-refractivity contribution < 1.29 is 0 Å². The van der Waals surface area contributed by atoms with Gasteiger partial charge >= 0.3 is 0 Å². The molecule has 0 saturated heterocycles. The van der Waals surface area contributed by atoms with Gasteiger partial charge in [-0.1, -0.05) is 6.92 Å². The van der Waals surface area contributed by atoms with Crippen molar-refractivity contribution in [3.63, 3.8) is 0 Å². The molecule has 2 heterocycles. The number of aryl methyl sites for hydroxylation is 2. The molecule has 0 fully saturated rings. The highest BCUT2D eigenvalue weighted by atomic mass is 79.9. The molecule has 0 bridgehead atoms. The minimum Gasteiger partial charge on any atom is -0.369 e. The Hall–Kier alpha value is -0.460. The van der Waals surface area contributed by atoms with E-state index in [-0.39, 0.29) is 0 Å². The van der Waals surface area contributed by atoms with Gasteiger partial charge in [0.1, 0.15) is 5.82 Å². The lowest BCUT2D eigenvalue weighted by Gasteiger charge is -2.10. The highest BCUT2D eigenvalue weighted by molar-refractivity contribution is 9.11. The van der Waals surface area contributed by atoms with Crippen LogP contribution in [0.3, 0.4) is 0 Å². The molecule has 6 heteroatoms. The zero-order valence-electron chi connectivity index (χ0n) is 11.1. The zero-order valence-corrected chi connectivity index (χ0v) is 15.0. The number of thiophene rings is 1. The van der Waals surface area contributed by atoms with Crippen LogP contribution in [0.5, 0.6) is 0 Å². The van der Waals surface area contributed by atoms with Gasteiger partial charge in [-0.3, -0.25) is 0 Å². The van der Waals surface area contributed by atoms with Crippen LogP contribution in [0.2, 0.25) is 0 Å². The highest BCUT2D eigenvalue weighted by Gasteiger charge is 2.14. The van der Waals surface area contributed by atoms with Gasteiger partial charge in [0.05, 0.1) is 15.0 Å². The quantitative estimate of drug-likeness (QED) is 0.776. The van der Waals surface area contributed by atoms with E-state index in [1.54, 1.807) is 11.3 Å². The van der Waals surface area contributed by atoms with Crippen LogP contribution in [0.25, 0.3) is 10.7 Å². The van der Waals surface area contributed by atoms with Gasteiger partial charge in [0.2, 0.25) is 0 Å². The summed E-state index contributed by atoms with van der Waals surface area (Å²) in [6.45, 7) is 7.09. The summed E-state index contributed by atoms with van der Waals surface area (Å²) < 4.78 is 2.08. The first-order valence-corrected chi connectivity index (χ1v) is 8.53. The van der Waals surface area contributed by atoms with E-state index >= 15 is 0 Å². The number of nitrogens with zero attached hydrogens (tertiary/aromatic N) is 2. The molecular weight excluding hydrogens is 390 g/mol. The van der Waals surface area contributed by atoms with Gasteiger partial charge in [-0.15, -0.1) is 11.3 Å². The van der Waals surface area contributed by atoms with E-state index in [4.69, 9.17) is 0 Å². The van der Waals surface area contributed by atoms with Crippen LogP contribution in [-0.2, 0) is 6.42 Å². The number of hydrogen-bond donors (Lipinski definition) is 1. The van der Waals surface area contributed by atoms with E-state index in [0.717, 1.165) is 44.1 Å². The molecule has 2 aromatic heterocycles. The lowest BCUT2D eigenvalue weighted by Crippen LogP contribution is -2.05. The van der Waals surface area contributed by atoms with E-state index in [1.807, 2.05) is 0 Å². The molecule has 102 valence electrons. The van der Waals surface area contributed by atoms with Crippen LogP contribution < -0.4 is 5.32 Å². The first kappa shape index (κ1) is 14.9. The molecule has 0 aliphatic heterocycles. The van der Waals surface area contributed by atoms with Crippen LogP contribution in [0.15, 0.2) is 15.0 Å². The highest BCUT2D eigenvalue weighted by Crippen LogP contribution is 2.34. The molecular formula is C13H15Br2N3S. The maximum atomic E-state index is 4.65. The topological polar surface area (TPSA) is 37.8 Å². The van der Waals surface area contributed by atoms with Crippen molar-refractivity contribution >= 4 is 49.0 Å². The number of hydrogen-bond acceptors (Lipinski definition) is 4. The second-order valence-electron chi connectivity index (χ2n) is 4.06. The Morgan fingerprint density at radius 2 is 2.00 bits per heavy atom. The monoisotopic (exact) mass is 403 g/mol. The van der Waals surface area contributed by atoms with Crippen molar-refractivity contribution in [2.75, 3.05) is 11.9 Å². The van der Waals surface area contributed by atoms with Crippen molar-refractivity contribution in [3.8, 4) is 10.7 Å². The van der Waals surface area contributed by atoms with Crippen LogP contribution >= 0.6 is 43.2 Å². The van der Waals surface area contributed by atoms with Crippen LogP contribution in [0, 0.1) is 6.92 Å². The van der Waals surface area contributed by atoms with E-state index in [0.29, 0.717) is 0 Å². The Morgan fingerprint density at radius 3 is 2.53 bits per heavy atom. The minimum absolute atomic E-state index is 0.787. The number of rotatable bonds is 4. The summed E-state index contributed by atoms with van der Waals surface area (Å²) in [6.07, 6.45) is 0.875. The lowest BCUT2D eigenvalue weighted by molar-refractivity contribution is 0.986. The van der Waals surface area contributed by atoms with Gasteiger partial charge in [0, 0.05) is 15.9 Å². The van der Waals surface area contributed by atoms with Gasteiger partial charge < -0.3 is 5.32 Å². The summed E-state index contributed by atoms with van der Waals surface area (Å²) in [5.41, 5.74) is 1.03. The third-order valence-electron chi connectivity index (χ3n) is 2.68. The summed E-state index contributed by atoms with van der Waals surface area (Å²) in [5.74, 6) is 1.65. The molecule has 2 rings (SSSR count). The predicted molar refractivity (Wildman–Crippen MR) is 89.0 cm³/mol. The van der Waals surface area contributed by atoms with Gasteiger partial charge in [0.15, 0.2) is 5.82 Å². The molecule has 0 aliphatic carbocycles. The van der Waals surface area contributed by atoms with Gasteiger partial charge in [-0.2, -0.15) is 0 Å². The van der Waals surface area contributed by atoms with E-state index in [9.17, 15) is 0 Å². The molecule has 2 aromatic rings. The average Bonchev–Trinajstić information content (AvgIpc) is 2.72. The van der Waals surface area contributed by atoms with E-state index < -0.39 is 0 Å². The number of halogens is 2. The fourth-order valence-corrected chi connectivity index (χ4v) is 3.76. The first-order valence-electron chi connectivity index (χ1n) is 6.13. The second-order valence-corrected chi connectivity index (χ2v) is 6.96. The fourth-order valence-electron chi connectivity index (χ4n) is 1.69. The van der Waals surface area contributed by atoms with Gasteiger partial charge in [0.25, 0.3) is 0 Å². The number of anilines is 1. The zero-order chi connectivity index (χ0) is 14.0. The molecule has 0 atom stereocenters. The minimum atomic E-state index is 0.787. The molecule has 1 N–H and O–H groups in total. The van der Waals surface area contributed by atoms with Crippen LogP contribution in [0.1, 0.15) is 24.4 Å². The summed E-state index contributed by atoms with van der Waals surface area (Å²) >= 11 is 8.82. The van der Waals surface area contributed by atoms with Crippen LogP contribution in [-0.4, -0.2) is 16.5 Å².